The molecule has 0 saturated carbocycles. The zero-order chi connectivity index (χ0) is 12.4. The lowest BCUT2D eigenvalue weighted by Crippen LogP contribution is -2.37. The minimum Gasteiger partial charge on any atom is -0.506 e. The average molecular weight is 255 g/mol. The number of anilines is 1. The molecule has 0 aliphatic carbocycles. The number of hydrogen-bond acceptors (Lipinski definition) is 3. The number of halogens is 1. The van der Waals surface area contributed by atoms with Crippen LogP contribution in [0.3, 0.4) is 0 Å². The van der Waals surface area contributed by atoms with Gasteiger partial charge in [-0.05, 0) is 24.6 Å². The first kappa shape index (κ1) is 11.7. The number of rotatable bonds is 2. The zero-order valence-corrected chi connectivity index (χ0v) is 9.62. The van der Waals surface area contributed by atoms with Crippen LogP contribution >= 0.6 is 11.6 Å². The standard InChI is InChI=1S/C11H11ClN2O3/c12-7-5-6(1-3-9(7)15)13-11(17)8-2-4-10(16)14-8/h1,3,5,8,15H,2,4H2,(H,13,17)(H,14,16). The third-order valence-corrected chi connectivity index (χ3v) is 2.83. The number of phenols is 1. The monoisotopic (exact) mass is 254 g/mol. The summed E-state index contributed by atoms with van der Waals surface area (Å²) in [5.74, 6) is -0.440. The minimum atomic E-state index is -0.491. The van der Waals surface area contributed by atoms with E-state index in [1.54, 1.807) is 0 Å². The largest absolute Gasteiger partial charge is 0.506 e. The van der Waals surface area contributed by atoms with Gasteiger partial charge in [-0.15, -0.1) is 0 Å². The van der Waals surface area contributed by atoms with Gasteiger partial charge in [-0.2, -0.15) is 0 Å². The molecule has 1 aromatic carbocycles. The molecule has 0 bridgehead atoms. The summed E-state index contributed by atoms with van der Waals surface area (Å²) in [6.45, 7) is 0. The van der Waals surface area contributed by atoms with Gasteiger partial charge in [0.15, 0.2) is 0 Å². The molecule has 3 N–H and O–H groups in total. The third-order valence-electron chi connectivity index (χ3n) is 2.53. The summed E-state index contributed by atoms with van der Waals surface area (Å²) in [4.78, 5) is 22.7. The molecular weight excluding hydrogens is 244 g/mol. The summed E-state index contributed by atoms with van der Waals surface area (Å²) in [6, 6.07) is 3.89. The summed E-state index contributed by atoms with van der Waals surface area (Å²) in [6.07, 6.45) is 0.866. The highest BCUT2D eigenvalue weighted by atomic mass is 35.5. The van der Waals surface area contributed by atoms with Crippen molar-refractivity contribution in [1.82, 2.24) is 5.32 Å². The van der Waals surface area contributed by atoms with Crippen molar-refractivity contribution < 1.29 is 14.7 Å². The van der Waals surface area contributed by atoms with E-state index in [2.05, 4.69) is 10.6 Å². The van der Waals surface area contributed by atoms with E-state index in [0.29, 0.717) is 18.5 Å². The molecule has 1 aliphatic heterocycles. The van der Waals surface area contributed by atoms with Crippen molar-refractivity contribution in [3.63, 3.8) is 0 Å². The highest BCUT2D eigenvalue weighted by Crippen LogP contribution is 2.26. The van der Waals surface area contributed by atoms with Gasteiger partial charge in [0.25, 0.3) is 0 Å². The van der Waals surface area contributed by atoms with Gasteiger partial charge in [-0.1, -0.05) is 11.6 Å². The Labute approximate surface area is 103 Å². The zero-order valence-electron chi connectivity index (χ0n) is 8.87. The number of hydrogen-bond donors (Lipinski definition) is 3. The van der Waals surface area contributed by atoms with Crippen LogP contribution in [-0.4, -0.2) is 23.0 Å². The van der Waals surface area contributed by atoms with Crippen LogP contribution in [0.2, 0.25) is 5.02 Å². The summed E-state index contributed by atoms with van der Waals surface area (Å²) < 4.78 is 0. The molecule has 6 heteroatoms. The Bertz CT molecular complexity index is 476. The maximum atomic E-state index is 11.7. The van der Waals surface area contributed by atoms with Crippen molar-refractivity contribution in [2.24, 2.45) is 0 Å². The van der Waals surface area contributed by atoms with Crippen LogP contribution in [0.15, 0.2) is 18.2 Å². The molecule has 1 atom stereocenters. The molecule has 17 heavy (non-hydrogen) atoms. The van der Waals surface area contributed by atoms with Crippen LogP contribution in [0.1, 0.15) is 12.8 Å². The van der Waals surface area contributed by atoms with Crippen LogP contribution in [0.4, 0.5) is 5.69 Å². The number of nitrogens with one attached hydrogen (secondary N) is 2. The summed E-state index contributed by atoms with van der Waals surface area (Å²) >= 11 is 5.71. The Hall–Kier alpha value is -1.75. The molecular formula is C11H11ClN2O3. The van der Waals surface area contributed by atoms with Crippen LogP contribution in [0.5, 0.6) is 5.75 Å². The first-order valence-corrected chi connectivity index (χ1v) is 5.53. The number of amides is 2. The molecule has 0 aromatic heterocycles. The number of aromatic hydroxyl groups is 1. The Kier molecular flexibility index (Phi) is 3.19. The van der Waals surface area contributed by atoms with Crippen LogP contribution in [0.25, 0.3) is 0 Å². The average Bonchev–Trinajstić information content (AvgIpc) is 2.70. The van der Waals surface area contributed by atoms with E-state index in [9.17, 15) is 14.7 Å². The molecule has 1 saturated heterocycles. The second kappa shape index (κ2) is 4.63. The maximum absolute atomic E-state index is 11.7. The molecule has 1 unspecified atom stereocenters. The van der Waals surface area contributed by atoms with Crippen molar-refractivity contribution in [3.8, 4) is 5.75 Å². The van der Waals surface area contributed by atoms with Crippen molar-refractivity contribution in [3.05, 3.63) is 23.2 Å². The fourth-order valence-electron chi connectivity index (χ4n) is 1.62. The van der Waals surface area contributed by atoms with Crippen molar-refractivity contribution >= 4 is 29.1 Å². The van der Waals surface area contributed by atoms with Gasteiger partial charge in [-0.25, -0.2) is 0 Å². The van der Waals surface area contributed by atoms with Gasteiger partial charge < -0.3 is 15.7 Å². The third kappa shape index (κ3) is 2.68. The lowest BCUT2D eigenvalue weighted by atomic mass is 10.2. The number of carbonyl (C=O) groups is 2. The van der Waals surface area contributed by atoms with Crippen molar-refractivity contribution in [2.45, 2.75) is 18.9 Å². The molecule has 1 fully saturated rings. The second-order valence-electron chi connectivity index (χ2n) is 3.81. The van der Waals surface area contributed by atoms with E-state index < -0.39 is 6.04 Å². The van der Waals surface area contributed by atoms with E-state index in [1.165, 1.54) is 18.2 Å². The number of carbonyl (C=O) groups excluding carboxylic acids is 2. The fourth-order valence-corrected chi connectivity index (χ4v) is 1.81. The van der Waals surface area contributed by atoms with Crippen molar-refractivity contribution in [1.29, 1.82) is 0 Å². The Morgan fingerprint density at radius 3 is 2.88 bits per heavy atom. The molecule has 1 aromatic rings. The molecule has 1 aliphatic rings. The quantitative estimate of drug-likeness (QED) is 0.696. The molecule has 2 amide bonds. The van der Waals surface area contributed by atoms with E-state index in [4.69, 9.17) is 11.6 Å². The van der Waals surface area contributed by atoms with Crippen LogP contribution in [-0.2, 0) is 9.59 Å². The Balaban J connectivity index is 2.03. The van der Waals surface area contributed by atoms with E-state index >= 15 is 0 Å². The first-order valence-electron chi connectivity index (χ1n) is 5.15. The smallest absolute Gasteiger partial charge is 0.246 e. The Morgan fingerprint density at radius 2 is 2.29 bits per heavy atom. The van der Waals surface area contributed by atoms with Crippen LogP contribution in [0, 0.1) is 0 Å². The fraction of sp³-hybridized carbons (Fsp3) is 0.273. The second-order valence-corrected chi connectivity index (χ2v) is 4.22. The topological polar surface area (TPSA) is 78.4 Å². The minimum absolute atomic E-state index is 0.0427. The van der Waals surface area contributed by atoms with Gasteiger partial charge >= 0.3 is 0 Å². The lowest BCUT2D eigenvalue weighted by Gasteiger charge is -2.11. The maximum Gasteiger partial charge on any atom is 0.246 e. The van der Waals surface area contributed by atoms with Gasteiger partial charge in [-0.3, -0.25) is 9.59 Å². The Morgan fingerprint density at radius 1 is 1.53 bits per heavy atom. The summed E-state index contributed by atoms with van der Waals surface area (Å²) in [7, 11) is 0. The number of benzene rings is 1. The van der Waals surface area contributed by atoms with Gasteiger partial charge in [0.1, 0.15) is 11.8 Å². The highest BCUT2D eigenvalue weighted by molar-refractivity contribution is 6.32. The molecule has 2 rings (SSSR count). The highest BCUT2D eigenvalue weighted by Gasteiger charge is 2.27. The SMILES string of the molecule is O=C1CCC(C(=O)Nc2ccc(O)c(Cl)c2)N1. The molecule has 90 valence electrons. The van der Waals surface area contributed by atoms with Gasteiger partial charge in [0.05, 0.1) is 5.02 Å². The molecule has 0 spiro atoms. The van der Waals surface area contributed by atoms with Crippen molar-refractivity contribution in [2.75, 3.05) is 5.32 Å². The normalized spacial score (nSPS) is 18.9. The molecule has 1 heterocycles. The summed E-state index contributed by atoms with van der Waals surface area (Å²) in [5, 5.41) is 14.6. The molecule has 5 nitrogen and oxygen atoms in total. The van der Waals surface area contributed by atoms with Crippen LogP contribution < -0.4 is 10.6 Å². The number of phenolic OH excluding ortho intramolecular Hbond substituents is 1. The predicted octanol–water partition coefficient (Wildman–Crippen LogP) is 1.26. The molecule has 0 radical (unpaired) electrons. The predicted molar refractivity (Wildman–Crippen MR) is 62.9 cm³/mol. The summed E-state index contributed by atoms with van der Waals surface area (Å²) in [5.41, 5.74) is 0.485. The first-order chi connectivity index (χ1) is 8.06. The lowest BCUT2D eigenvalue weighted by molar-refractivity contribution is -0.122. The van der Waals surface area contributed by atoms with E-state index in [-0.39, 0.29) is 22.6 Å². The van der Waals surface area contributed by atoms with E-state index in [1.807, 2.05) is 0 Å². The van der Waals surface area contributed by atoms with Gasteiger partial charge in [0, 0.05) is 12.1 Å². The van der Waals surface area contributed by atoms with E-state index in [0.717, 1.165) is 0 Å². The van der Waals surface area contributed by atoms with Gasteiger partial charge in [0.2, 0.25) is 11.8 Å².